The van der Waals surface area contributed by atoms with Gasteiger partial charge in [-0.1, -0.05) is 24.3 Å². The van der Waals surface area contributed by atoms with Gasteiger partial charge in [0.05, 0.1) is 12.6 Å². The molecule has 0 radical (unpaired) electrons. The Hall–Kier alpha value is -2.51. The minimum atomic E-state index is -0.896. The fourth-order valence-corrected chi connectivity index (χ4v) is 3.49. The van der Waals surface area contributed by atoms with E-state index in [-0.39, 0.29) is 11.9 Å². The summed E-state index contributed by atoms with van der Waals surface area (Å²) in [6, 6.07) is 13.2. The molecule has 2 aromatic rings. The highest BCUT2D eigenvalue weighted by Gasteiger charge is 2.23. The molecule has 1 heterocycles. The van der Waals surface area contributed by atoms with Crippen molar-refractivity contribution >= 4 is 5.91 Å². The molecular weight excluding hydrogens is 388 g/mol. The quantitative estimate of drug-likeness (QED) is 0.661. The summed E-state index contributed by atoms with van der Waals surface area (Å²) in [5, 5.41) is 0. The lowest BCUT2D eigenvalue weighted by Gasteiger charge is -2.35. The van der Waals surface area contributed by atoms with Crippen molar-refractivity contribution in [3.8, 4) is 5.75 Å². The van der Waals surface area contributed by atoms with Crippen LogP contribution in [0.15, 0.2) is 48.5 Å². The Bertz CT molecular complexity index is 826. The van der Waals surface area contributed by atoms with Crippen LogP contribution in [0.25, 0.3) is 0 Å². The molecule has 1 saturated heterocycles. The second-order valence-corrected chi connectivity index (χ2v) is 7.63. The van der Waals surface area contributed by atoms with Crippen LogP contribution >= 0.6 is 0 Å². The van der Waals surface area contributed by atoms with E-state index in [1.807, 2.05) is 37.3 Å². The van der Waals surface area contributed by atoms with Gasteiger partial charge in [0.15, 0.2) is 11.6 Å². The second-order valence-electron chi connectivity index (χ2n) is 7.63. The van der Waals surface area contributed by atoms with Crippen LogP contribution in [0.4, 0.5) is 8.78 Å². The Morgan fingerprint density at radius 1 is 1.03 bits per heavy atom. The van der Waals surface area contributed by atoms with Gasteiger partial charge in [-0.2, -0.15) is 0 Å². The maximum Gasteiger partial charge on any atom is 0.236 e. The maximum absolute atomic E-state index is 13.5. The molecule has 1 atom stereocenters. The predicted octanol–water partition coefficient (Wildman–Crippen LogP) is 3.18. The number of hydrogen-bond acceptors (Lipinski definition) is 4. The summed E-state index contributed by atoms with van der Waals surface area (Å²) in [6.45, 7) is 7.01. The number of para-hydroxylation sites is 1. The first kappa shape index (κ1) is 22.2. The molecule has 0 spiro atoms. The number of piperazine rings is 1. The van der Waals surface area contributed by atoms with Crippen molar-refractivity contribution < 1.29 is 18.3 Å². The van der Waals surface area contributed by atoms with E-state index in [9.17, 15) is 13.6 Å². The zero-order chi connectivity index (χ0) is 21.5. The maximum atomic E-state index is 13.5. The summed E-state index contributed by atoms with van der Waals surface area (Å²) >= 11 is 0. The average molecular weight is 418 g/mol. The number of carbonyl (C=O) groups excluding carboxylic acids is 1. The summed E-state index contributed by atoms with van der Waals surface area (Å²) in [7, 11) is 1.70. The van der Waals surface area contributed by atoms with Gasteiger partial charge < -0.3 is 9.64 Å². The van der Waals surface area contributed by atoms with Crippen molar-refractivity contribution in [1.29, 1.82) is 0 Å². The molecule has 0 N–H and O–H groups in total. The number of benzene rings is 2. The molecule has 7 heteroatoms. The van der Waals surface area contributed by atoms with Gasteiger partial charge in [0.2, 0.25) is 5.91 Å². The van der Waals surface area contributed by atoms with E-state index in [2.05, 4.69) is 9.80 Å². The van der Waals surface area contributed by atoms with Crippen molar-refractivity contribution in [3.05, 3.63) is 65.7 Å². The second kappa shape index (κ2) is 10.5. The van der Waals surface area contributed by atoms with E-state index in [0.29, 0.717) is 18.7 Å². The summed E-state index contributed by atoms with van der Waals surface area (Å²) in [6.07, 6.45) is 0. The number of amides is 1. The van der Waals surface area contributed by atoms with Crippen LogP contribution in [0.2, 0.25) is 0 Å². The monoisotopic (exact) mass is 417 g/mol. The molecule has 1 aliphatic rings. The molecule has 0 saturated carbocycles. The first-order valence-corrected chi connectivity index (χ1v) is 10.3. The molecule has 1 aliphatic heterocycles. The molecule has 1 amide bonds. The molecule has 0 aliphatic carbocycles. The minimum absolute atomic E-state index is 0.0342. The smallest absolute Gasteiger partial charge is 0.236 e. The van der Waals surface area contributed by atoms with Gasteiger partial charge in [0.1, 0.15) is 12.4 Å². The van der Waals surface area contributed by atoms with Crippen molar-refractivity contribution in [2.45, 2.75) is 13.0 Å². The van der Waals surface area contributed by atoms with Gasteiger partial charge in [-0.05, 0) is 36.8 Å². The first-order valence-electron chi connectivity index (χ1n) is 10.3. The van der Waals surface area contributed by atoms with Gasteiger partial charge in [0, 0.05) is 39.8 Å². The Labute approximate surface area is 176 Å². The van der Waals surface area contributed by atoms with Gasteiger partial charge in [-0.3, -0.25) is 14.6 Å². The van der Waals surface area contributed by atoms with Gasteiger partial charge in [0.25, 0.3) is 0 Å². The molecule has 5 nitrogen and oxygen atoms in total. The highest BCUT2D eigenvalue weighted by Crippen LogP contribution is 2.21. The van der Waals surface area contributed by atoms with Crippen LogP contribution in [-0.4, -0.2) is 73.5 Å². The Morgan fingerprint density at radius 3 is 2.37 bits per heavy atom. The fourth-order valence-electron chi connectivity index (χ4n) is 3.49. The van der Waals surface area contributed by atoms with Crippen molar-refractivity contribution in [2.24, 2.45) is 0 Å². The van der Waals surface area contributed by atoms with E-state index >= 15 is 0 Å². The molecule has 1 unspecified atom stereocenters. The van der Waals surface area contributed by atoms with E-state index < -0.39 is 11.6 Å². The topological polar surface area (TPSA) is 36.0 Å². The van der Waals surface area contributed by atoms with E-state index in [1.165, 1.54) is 6.07 Å². The van der Waals surface area contributed by atoms with E-state index in [4.69, 9.17) is 4.74 Å². The lowest BCUT2D eigenvalue weighted by molar-refractivity contribution is -0.133. The summed E-state index contributed by atoms with van der Waals surface area (Å²) < 4.78 is 32.4. The molecular formula is C23H29F2N3O2. The zero-order valence-corrected chi connectivity index (χ0v) is 17.6. The molecule has 2 aromatic carbocycles. The highest BCUT2D eigenvalue weighted by atomic mass is 19.2. The fraction of sp³-hybridized carbons (Fsp3) is 0.435. The summed E-state index contributed by atoms with van der Waals surface area (Å²) in [5.74, 6) is -0.937. The van der Waals surface area contributed by atoms with Crippen LogP contribution in [0.1, 0.15) is 18.5 Å². The number of hydrogen-bond donors (Lipinski definition) is 0. The van der Waals surface area contributed by atoms with Crippen molar-refractivity contribution in [2.75, 3.05) is 52.9 Å². The summed E-state index contributed by atoms with van der Waals surface area (Å²) in [4.78, 5) is 18.7. The molecule has 30 heavy (non-hydrogen) atoms. The van der Waals surface area contributed by atoms with Crippen LogP contribution in [0.5, 0.6) is 5.75 Å². The van der Waals surface area contributed by atoms with Gasteiger partial charge >= 0.3 is 0 Å². The Morgan fingerprint density at radius 2 is 1.70 bits per heavy atom. The number of carbonyl (C=O) groups is 1. The van der Waals surface area contributed by atoms with Crippen LogP contribution in [-0.2, 0) is 4.79 Å². The van der Waals surface area contributed by atoms with E-state index in [1.54, 1.807) is 11.9 Å². The third-order valence-corrected chi connectivity index (χ3v) is 5.64. The zero-order valence-electron chi connectivity index (χ0n) is 17.6. The molecule has 3 rings (SSSR count). The predicted molar refractivity (Wildman–Crippen MR) is 112 cm³/mol. The standard InChI is InChI=1S/C23H29F2N3O2/c1-18(19-8-9-21(24)22(25)16-19)26(2)23(29)17-28-12-10-27(11-13-28)14-15-30-20-6-4-3-5-7-20/h3-9,16,18H,10-15,17H2,1-2H3. The van der Waals surface area contributed by atoms with Crippen molar-refractivity contribution in [3.63, 3.8) is 0 Å². The third-order valence-electron chi connectivity index (χ3n) is 5.64. The molecule has 0 aromatic heterocycles. The first-order chi connectivity index (χ1) is 14.4. The number of likely N-dealkylation sites (N-methyl/N-ethyl adjacent to an activating group) is 1. The Balaban J connectivity index is 1.40. The number of rotatable bonds is 8. The molecule has 1 fully saturated rings. The highest BCUT2D eigenvalue weighted by molar-refractivity contribution is 5.78. The van der Waals surface area contributed by atoms with Crippen LogP contribution in [0.3, 0.4) is 0 Å². The number of ether oxygens (including phenoxy) is 1. The van der Waals surface area contributed by atoms with Gasteiger partial charge in [-0.25, -0.2) is 8.78 Å². The molecule has 0 bridgehead atoms. The number of halogens is 2. The van der Waals surface area contributed by atoms with E-state index in [0.717, 1.165) is 50.6 Å². The van der Waals surface area contributed by atoms with Gasteiger partial charge in [-0.15, -0.1) is 0 Å². The minimum Gasteiger partial charge on any atom is -0.492 e. The van der Waals surface area contributed by atoms with Crippen LogP contribution < -0.4 is 4.74 Å². The normalized spacial score (nSPS) is 16.3. The lowest BCUT2D eigenvalue weighted by atomic mass is 10.1. The average Bonchev–Trinajstić information content (AvgIpc) is 2.76. The largest absolute Gasteiger partial charge is 0.492 e. The SMILES string of the molecule is CC(c1ccc(F)c(F)c1)N(C)C(=O)CN1CCN(CCOc2ccccc2)CC1. The number of nitrogens with zero attached hydrogens (tertiary/aromatic N) is 3. The Kier molecular flexibility index (Phi) is 7.76. The molecule has 162 valence electrons. The summed E-state index contributed by atoms with van der Waals surface area (Å²) in [5.41, 5.74) is 0.577. The van der Waals surface area contributed by atoms with Crippen molar-refractivity contribution in [1.82, 2.24) is 14.7 Å². The third kappa shape index (κ3) is 6.00. The lowest BCUT2D eigenvalue weighted by Crippen LogP contribution is -2.50. The van der Waals surface area contributed by atoms with Crippen LogP contribution in [0, 0.1) is 11.6 Å².